The lowest BCUT2D eigenvalue weighted by Gasteiger charge is -2.40. The number of hydrogen-bond donors (Lipinski definition) is 2. The Morgan fingerprint density at radius 1 is 0.714 bits per heavy atom. The summed E-state index contributed by atoms with van der Waals surface area (Å²) in [4.78, 5) is 46.6. The molecule has 286 valence electrons. The predicted octanol–water partition coefficient (Wildman–Crippen LogP) is 6.22. The highest BCUT2D eigenvalue weighted by Gasteiger charge is 2.39. The second kappa shape index (κ2) is 14.5. The van der Waals surface area contributed by atoms with Gasteiger partial charge in [0.05, 0.1) is 11.7 Å². The first-order chi connectivity index (χ1) is 27.5. The summed E-state index contributed by atoms with van der Waals surface area (Å²) in [5.74, 6) is 0.699. The monoisotopic (exact) mass is 747 g/mol. The number of carbonyl (C=O) groups is 3. The van der Waals surface area contributed by atoms with Gasteiger partial charge in [-0.2, -0.15) is 5.10 Å². The Kier molecular flexibility index (Phi) is 9.08. The van der Waals surface area contributed by atoms with Gasteiger partial charge in [0.25, 0.3) is 5.91 Å². The normalized spacial score (nSPS) is 23.4. The van der Waals surface area contributed by atoms with Crippen molar-refractivity contribution in [1.29, 1.82) is 0 Å². The molecule has 3 atom stereocenters. The third-order valence-corrected chi connectivity index (χ3v) is 13.4. The third kappa shape index (κ3) is 6.43. The van der Waals surface area contributed by atoms with Crippen molar-refractivity contribution in [3.8, 4) is 0 Å². The number of amides is 3. The van der Waals surface area contributed by atoms with Crippen LogP contribution in [0.15, 0.2) is 91.1 Å². The molecule has 3 saturated heterocycles. The summed E-state index contributed by atoms with van der Waals surface area (Å²) in [6, 6.07) is 30.7. The molecule has 2 N–H and O–H groups in total. The van der Waals surface area contributed by atoms with Crippen molar-refractivity contribution in [2.45, 2.75) is 62.9 Å². The van der Waals surface area contributed by atoms with E-state index >= 15 is 0 Å². The SMILES string of the molecule is O=C1CC[C@H](N2Cc3cc(N4CCN(CC5CCN(c6ccc([C@@H]7c8ccc9[nH]ncc9c8CC[C@@H]7c7ccccc7)cc6)CC5)CC4)ccc3C2=O)C(=O)N1. The van der Waals surface area contributed by atoms with Gasteiger partial charge in [0.2, 0.25) is 11.8 Å². The molecule has 0 spiro atoms. The molecule has 3 amide bonds. The Labute approximate surface area is 327 Å². The second-order valence-corrected chi connectivity index (χ2v) is 16.5. The van der Waals surface area contributed by atoms with E-state index in [-0.39, 0.29) is 24.1 Å². The molecule has 3 fully saturated rings. The molecule has 10 rings (SSSR count). The number of hydrogen-bond acceptors (Lipinski definition) is 7. The smallest absolute Gasteiger partial charge is 0.255 e. The Bertz CT molecular complexity index is 2270. The first-order valence-electron chi connectivity index (χ1n) is 20.6. The predicted molar refractivity (Wildman–Crippen MR) is 218 cm³/mol. The summed E-state index contributed by atoms with van der Waals surface area (Å²) < 4.78 is 0. The van der Waals surface area contributed by atoms with Crippen molar-refractivity contribution in [2.75, 3.05) is 55.6 Å². The Balaban J connectivity index is 0.743. The van der Waals surface area contributed by atoms with Gasteiger partial charge < -0.3 is 14.7 Å². The number of nitrogens with one attached hydrogen (secondary N) is 2. The van der Waals surface area contributed by atoms with Gasteiger partial charge in [0.15, 0.2) is 0 Å². The molecule has 0 bridgehead atoms. The molecule has 5 heterocycles. The number of benzene rings is 4. The van der Waals surface area contributed by atoms with E-state index in [1.807, 2.05) is 12.3 Å². The fourth-order valence-corrected chi connectivity index (χ4v) is 10.4. The molecule has 0 unspecified atom stereocenters. The van der Waals surface area contributed by atoms with E-state index in [1.165, 1.54) is 46.2 Å². The van der Waals surface area contributed by atoms with Gasteiger partial charge in [-0.15, -0.1) is 0 Å². The number of piperazine rings is 1. The number of rotatable bonds is 7. The standard InChI is InChI=1S/C46H49N7O3/c54-43-17-16-42(45(55)48-43)53-29-33-26-35(10-11-37(33)46(53)56)52-24-22-50(23-25-52)28-30-18-20-51(21-19-30)34-8-6-32(7-9-34)44-36(31-4-2-1-3-5-31)12-13-38-39(44)14-15-41-40(38)27-47-49-41/h1-11,14-15,26-27,30,36,42,44H,12-13,16-25,28-29H2,(H,47,49)(H,48,54,55)/t36-,42+,44+/m1/s1. The number of aryl methyl sites for hydroxylation is 1. The van der Waals surface area contributed by atoms with E-state index in [0.29, 0.717) is 36.3 Å². The number of fused-ring (bicyclic) bond motifs is 4. The summed E-state index contributed by atoms with van der Waals surface area (Å²) in [6.07, 6.45) is 7.25. The molecule has 10 nitrogen and oxygen atoms in total. The summed E-state index contributed by atoms with van der Waals surface area (Å²) in [5, 5.41) is 11.2. The van der Waals surface area contributed by atoms with Crippen molar-refractivity contribution in [3.63, 3.8) is 0 Å². The third-order valence-electron chi connectivity index (χ3n) is 13.4. The number of piperidine rings is 2. The van der Waals surface area contributed by atoms with Crippen LogP contribution in [-0.4, -0.2) is 89.6 Å². The Hall–Kier alpha value is -5.48. The zero-order valence-corrected chi connectivity index (χ0v) is 31.8. The largest absolute Gasteiger partial charge is 0.372 e. The van der Waals surface area contributed by atoms with E-state index in [1.54, 1.807) is 4.90 Å². The molecule has 4 aliphatic heterocycles. The van der Waals surface area contributed by atoms with E-state index in [2.05, 4.69) is 109 Å². The number of aromatic nitrogens is 2. The number of anilines is 2. The minimum Gasteiger partial charge on any atom is -0.372 e. The van der Waals surface area contributed by atoms with Crippen molar-refractivity contribution in [1.82, 2.24) is 25.3 Å². The lowest BCUT2D eigenvalue weighted by atomic mass is 9.69. The van der Waals surface area contributed by atoms with Crippen LogP contribution in [-0.2, 0) is 22.6 Å². The van der Waals surface area contributed by atoms with Crippen LogP contribution in [0.1, 0.15) is 82.1 Å². The number of aromatic amines is 1. The van der Waals surface area contributed by atoms with Crippen molar-refractivity contribution in [2.24, 2.45) is 5.92 Å². The number of nitrogens with zero attached hydrogens (tertiary/aromatic N) is 5. The molecule has 4 aromatic carbocycles. The fourth-order valence-electron chi connectivity index (χ4n) is 10.4. The fraction of sp³-hybridized carbons (Fsp3) is 0.391. The molecular formula is C46H49N7O3. The van der Waals surface area contributed by atoms with Gasteiger partial charge in [0.1, 0.15) is 6.04 Å². The van der Waals surface area contributed by atoms with Gasteiger partial charge >= 0.3 is 0 Å². The van der Waals surface area contributed by atoms with E-state index < -0.39 is 6.04 Å². The molecule has 56 heavy (non-hydrogen) atoms. The van der Waals surface area contributed by atoms with E-state index in [0.717, 1.165) is 75.4 Å². The topological polar surface area (TPSA) is 105 Å². The van der Waals surface area contributed by atoms with Gasteiger partial charge in [0, 0.05) is 87.0 Å². The van der Waals surface area contributed by atoms with Crippen LogP contribution < -0.4 is 15.1 Å². The summed E-state index contributed by atoms with van der Waals surface area (Å²) in [6.45, 7) is 7.70. The molecular weight excluding hydrogens is 699 g/mol. The number of imide groups is 1. The highest BCUT2D eigenvalue weighted by atomic mass is 16.2. The maximum absolute atomic E-state index is 13.2. The van der Waals surface area contributed by atoms with Crippen molar-refractivity contribution in [3.05, 3.63) is 125 Å². The lowest BCUT2D eigenvalue weighted by Crippen LogP contribution is -2.52. The summed E-state index contributed by atoms with van der Waals surface area (Å²) in [5.41, 5.74) is 10.9. The van der Waals surface area contributed by atoms with Crippen molar-refractivity contribution < 1.29 is 14.4 Å². The molecule has 1 aliphatic carbocycles. The average Bonchev–Trinajstić information content (AvgIpc) is 3.86. The molecule has 5 aliphatic rings. The highest BCUT2D eigenvalue weighted by Crippen LogP contribution is 2.48. The van der Waals surface area contributed by atoms with E-state index in [4.69, 9.17) is 0 Å². The van der Waals surface area contributed by atoms with Crippen LogP contribution in [0.2, 0.25) is 0 Å². The minimum absolute atomic E-state index is 0.117. The van der Waals surface area contributed by atoms with Crippen LogP contribution >= 0.6 is 0 Å². The Morgan fingerprint density at radius 3 is 2.27 bits per heavy atom. The maximum Gasteiger partial charge on any atom is 0.255 e. The average molecular weight is 748 g/mol. The first kappa shape index (κ1) is 35.0. The summed E-state index contributed by atoms with van der Waals surface area (Å²) in [7, 11) is 0. The number of H-pyrrole nitrogens is 1. The van der Waals surface area contributed by atoms with Gasteiger partial charge in [-0.05, 0) is 108 Å². The van der Waals surface area contributed by atoms with Crippen LogP contribution in [0, 0.1) is 5.92 Å². The first-order valence-corrected chi connectivity index (χ1v) is 20.6. The molecule has 5 aromatic rings. The lowest BCUT2D eigenvalue weighted by molar-refractivity contribution is -0.136. The second-order valence-electron chi connectivity index (χ2n) is 16.5. The van der Waals surface area contributed by atoms with Gasteiger partial charge in [-0.1, -0.05) is 48.5 Å². The quantitative estimate of drug-likeness (QED) is 0.191. The molecule has 10 heteroatoms. The van der Waals surface area contributed by atoms with Crippen LogP contribution in [0.4, 0.5) is 11.4 Å². The molecule has 1 aromatic heterocycles. The van der Waals surface area contributed by atoms with Crippen LogP contribution in [0.25, 0.3) is 10.9 Å². The van der Waals surface area contributed by atoms with Gasteiger partial charge in [-0.3, -0.25) is 29.7 Å². The highest BCUT2D eigenvalue weighted by molar-refractivity contribution is 6.05. The minimum atomic E-state index is -0.583. The van der Waals surface area contributed by atoms with Crippen LogP contribution in [0.5, 0.6) is 0 Å². The summed E-state index contributed by atoms with van der Waals surface area (Å²) >= 11 is 0. The molecule has 0 saturated carbocycles. The van der Waals surface area contributed by atoms with Crippen molar-refractivity contribution >= 4 is 40.0 Å². The zero-order chi connectivity index (χ0) is 37.8. The maximum atomic E-state index is 13.2. The Morgan fingerprint density at radius 2 is 1.48 bits per heavy atom. The van der Waals surface area contributed by atoms with Gasteiger partial charge in [-0.25, -0.2) is 0 Å². The van der Waals surface area contributed by atoms with E-state index in [9.17, 15) is 14.4 Å². The zero-order valence-electron chi connectivity index (χ0n) is 31.8. The van der Waals surface area contributed by atoms with Crippen LogP contribution in [0.3, 0.4) is 0 Å². The molecule has 0 radical (unpaired) electrons. The number of carbonyl (C=O) groups excluding carboxylic acids is 3.